The van der Waals surface area contributed by atoms with Crippen molar-refractivity contribution >= 4 is 28.1 Å². The van der Waals surface area contributed by atoms with Gasteiger partial charge in [-0.05, 0) is 23.6 Å². The summed E-state index contributed by atoms with van der Waals surface area (Å²) >= 11 is 1.55. The number of hydrogen-bond acceptors (Lipinski definition) is 4. The Bertz CT molecular complexity index is 680. The van der Waals surface area contributed by atoms with Gasteiger partial charge in [0.1, 0.15) is 11.6 Å². The molecule has 17 heavy (non-hydrogen) atoms. The van der Waals surface area contributed by atoms with Crippen LogP contribution in [0, 0.1) is 5.82 Å². The number of nitrogen functional groups attached to an aromatic ring is 1. The molecule has 3 aromatic rings. The lowest BCUT2D eigenvalue weighted by molar-refractivity contribution is 0.629. The van der Waals surface area contributed by atoms with Crippen molar-refractivity contribution in [1.29, 1.82) is 0 Å². The monoisotopic (exact) mass is 245 g/mol. The fourth-order valence-electron chi connectivity index (χ4n) is 1.65. The molecule has 0 fully saturated rings. The molecule has 0 unspecified atom stereocenters. The SMILES string of the molecule is Nc1nc(-c2ccsc2)nc2cc(F)ccc12. The van der Waals surface area contributed by atoms with Crippen LogP contribution in [0.2, 0.25) is 0 Å². The van der Waals surface area contributed by atoms with E-state index in [9.17, 15) is 4.39 Å². The Balaban J connectivity index is 2.29. The number of hydrogen-bond donors (Lipinski definition) is 1. The number of nitrogens with two attached hydrogens (primary N) is 1. The molecule has 84 valence electrons. The fraction of sp³-hybridized carbons (Fsp3) is 0. The third-order valence-corrected chi connectivity index (χ3v) is 3.15. The van der Waals surface area contributed by atoms with Gasteiger partial charge >= 0.3 is 0 Å². The smallest absolute Gasteiger partial charge is 0.162 e. The van der Waals surface area contributed by atoms with Gasteiger partial charge in [0.2, 0.25) is 0 Å². The lowest BCUT2D eigenvalue weighted by atomic mass is 10.2. The van der Waals surface area contributed by atoms with Crippen molar-refractivity contribution in [2.45, 2.75) is 0 Å². The Morgan fingerprint density at radius 2 is 2.06 bits per heavy atom. The molecule has 0 saturated heterocycles. The molecule has 0 aliphatic rings. The first-order chi connectivity index (χ1) is 8.24. The number of nitrogens with zero attached hydrogens (tertiary/aromatic N) is 2. The molecule has 0 bridgehead atoms. The second-order valence-electron chi connectivity index (χ2n) is 3.61. The first kappa shape index (κ1) is 10.2. The van der Waals surface area contributed by atoms with Crippen molar-refractivity contribution in [2.75, 3.05) is 5.73 Å². The van der Waals surface area contributed by atoms with E-state index in [2.05, 4.69) is 9.97 Å². The minimum absolute atomic E-state index is 0.327. The fourth-order valence-corrected chi connectivity index (χ4v) is 2.28. The number of benzene rings is 1. The summed E-state index contributed by atoms with van der Waals surface area (Å²) in [5.74, 6) is 0.574. The van der Waals surface area contributed by atoms with Gasteiger partial charge in [-0.25, -0.2) is 14.4 Å². The molecule has 2 aromatic heterocycles. The summed E-state index contributed by atoms with van der Waals surface area (Å²) in [5, 5.41) is 4.54. The van der Waals surface area contributed by atoms with Crippen LogP contribution >= 0.6 is 11.3 Å². The van der Waals surface area contributed by atoms with Gasteiger partial charge in [-0.1, -0.05) is 0 Å². The van der Waals surface area contributed by atoms with Crippen molar-refractivity contribution < 1.29 is 4.39 Å². The Hall–Kier alpha value is -2.01. The summed E-state index contributed by atoms with van der Waals surface area (Å²) in [6.45, 7) is 0. The molecule has 5 heteroatoms. The third kappa shape index (κ3) is 1.74. The van der Waals surface area contributed by atoms with Gasteiger partial charge in [-0.2, -0.15) is 11.3 Å². The van der Waals surface area contributed by atoms with E-state index in [1.54, 1.807) is 17.4 Å². The van der Waals surface area contributed by atoms with Gasteiger partial charge in [0, 0.05) is 22.4 Å². The molecular formula is C12H8FN3S. The quantitative estimate of drug-likeness (QED) is 0.716. The number of rotatable bonds is 1. The van der Waals surface area contributed by atoms with E-state index in [-0.39, 0.29) is 5.82 Å². The van der Waals surface area contributed by atoms with E-state index in [0.29, 0.717) is 22.5 Å². The average Bonchev–Trinajstić information content (AvgIpc) is 2.81. The molecule has 0 radical (unpaired) electrons. The van der Waals surface area contributed by atoms with Crippen molar-refractivity contribution in [3.05, 3.63) is 40.8 Å². The molecule has 2 N–H and O–H groups in total. The van der Waals surface area contributed by atoms with E-state index in [1.807, 2.05) is 16.8 Å². The minimum atomic E-state index is -0.327. The summed E-state index contributed by atoms with van der Waals surface area (Å²) in [5.41, 5.74) is 7.27. The Morgan fingerprint density at radius 3 is 2.82 bits per heavy atom. The molecule has 0 spiro atoms. The highest BCUT2D eigenvalue weighted by Crippen LogP contribution is 2.24. The predicted octanol–water partition coefficient (Wildman–Crippen LogP) is 3.08. The number of fused-ring (bicyclic) bond motifs is 1. The molecule has 0 aliphatic carbocycles. The van der Waals surface area contributed by atoms with E-state index >= 15 is 0 Å². The van der Waals surface area contributed by atoms with E-state index in [1.165, 1.54) is 12.1 Å². The van der Waals surface area contributed by atoms with Gasteiger partial charge in [0.25, 0.3) is 0 Å². The predicted molar refractivity (Wildman–Crippen MR) is 67.2 cm³/mol. The zero-order valence-electron chi connectivity index (χ0n) is 8.72. The Morgan fingerprint density at radius 1 is 1.18 bits per heavy atom. The Kier molecular flexibility index (Phi) is 2.26. The first-order valence-corrected chi connectivity index (χ1v) is 5.94. The zero-order chi connectivity index (χ0) is 11.8. The second-order valence-corrected chi connectivity index (χ2v) is 4.39. The lowest BCUT2D eigenvalue weighted by Crippen LogP contribution is -1.97. The van der Waals surface area contributed by atoms with Crippen LogP contribution in [-0.2, 0) is 0 Å². The summed E-state index contributed by atoms with van der Waals surface area (Å²) in [6, 6.07) is 6.22. The topological polar surface area (TPSA) is 51.8 Å². The standard InChI is InChI=1S/C12H8FN3S/c13-8-1-2-9-10(5-8)15-12(16-11(9)14)7-3-4-17-6-7/h1-6H,(H2,14,15,16). The summed E-state index contributed by atoms with van der Waals surface area (Å²) in [7, 11) is 0. The van der Waals surface area contributed by atoms with Gasteiger partial charge in [0.15, 0.2) is 5.82 Å². The van der Waals surface area contributed by atoms with Crippen molar-refractivity contribution in [3.8, 4) is 11.4 Å². The number of halogens is 1. The average molecular weight is 245 g/mol. The van der Waals surface area contributed by atoms with Crippen LogP contribution in [0.1, 0.15) is 0 Å². The van der Waals surface area contributed by atoms with Crippen molar-refractivity contribution in [1.82, 2.24) is 9.97 Å². The van der Waals surface area contributed by atoms with E-state index in [4.69, 9.17) is 5.73 Å². The molecule has 1 aromatic carbocycles. The highest BCUT2D eigenvalue weighted by atomic mass is 32.1. The van der Waals surface area contributed by atoms with Crippen LogP contribution in [-0.4, -0.2) is 9.97 Å². The van der Waals surface area contributed by atoms with Gasteiger partial charge in [-0.15, -0.1) is 0 Å². The Labute approximate surface area is 101 Å². The summed E-state index contributed by atoms with van der Waals surface area (Å²) in [6.07, 6.45) is 0. The second kappa shape index (κ2) is 3.78. The van der Waals surface area contributed by atoms with E-state index < -0.39 is 0 Å². The number of anilines is 1. The normalized spacial score (nSPS) is 10.9. The molecule has 3 rings (SSSR count). The van der Waals surface area contributed by atoms with E-state index in [0.717, 1.165) is 5.56 Å². The van der Waals surface area contributed by atoms with Crippen LogP contribution < -0.4 is 5.73 Å². The number of thiophene rings is 1. The maximum absolute atomic E-state index is 13.1. The molecule has 2 heterocycles. The third-order valence-electron chi connectivity index (χ3n) is 2.47. The van der Waals surface area contributed by atoms with Crippen LogP contribution in [0.4, 0.5) is 10.2 Å². The minimum Gasteiger partial charge on any atom is -0.383 e. The van der Waals surface area contributed by atoms with Crippen molar-refractivity contribution in [3.63, 3.8) is 0 Å². The van der Waals surface area contributed by atoms with Gasteiger partial charge < -0.3 is 5.73 Å². The van der Waals surface area contributed by atoms with Crippen LogP contribution in [0.5, 0.6) is 0 Å². The molecule has 0 aliphatic heterocycles. The van der Waals surface area contributed by atoms with Gasteiger partial charge in [-0.3, -0.25) is 0 Å². The van der Waals surface area contributed by atoms with Crippen LogP contribution in [0.25, 0.3) is 22.3 Å². The number of aromatic nitrogens is 2. The highest BCUT2D eigenvalue weighted by Gasteiger charge is 2.08. The highest BCUT2D eigenvalue weighted by molar-refractivity contribution is 7.08. The summed E-state index contributed by atoms with van der Waals surface area (Å²) < 4.78 is 13.1. The van der Waals surface area contributed by atoms with Gasteiger partial charge in [0.05, 0.1) is 5.52 Å². The molecule has 0 atom stereocenters. The van der Waals surface area contributed by atoms with Crippen molar-refractivity contribution in [2.24, 2.45) is 0 Å². The largest absolute Gasteiger partial charge is 0.383 e. The van der Waals surface area contributed by atoms with Crippen LogP contribution in [0.3, 0.4) is 0 Å². The van der Waals surface area contributed by atoms with Crippen LogP contribution in [0.15, 0.2) is 35.0 Å². The molecule has 0 amide bonds. The lowest BCUT2D eigenvalue weighted by Gasteiger charge is -2.04. The first-order valence-electron chi connectivity index (χ1n) is 4.99. The maximum atomic E-state index is 13.1. The zero-order valence-corrected chi connectivity index (χ0v) is 9.54. The molecule has 0 saturated carbocycles. The molecular weight excluding hydrogens is 237 g/mol. The summed E-state index contributed by atoms with van der Waals surface area (Å²) in [4.78, 5) is 8.54. The molecule has 3 nitrogen and oxygen atoms in total. The maximum Gasteiger partial charge on any atom is 0.162 e.